The Labute approximate surface area is 141 Å². The van der Waals surface area contributed by atoms with Crippen LogP contribution in [-0.4, -0.2) is 18.5 Å². The topological polar surface area (TPSA) is 3.24 Å². The minimum absolute atomic E-state index is 0.0484. The molecule has 1 unspecified atom stereocenters. The summed E-state index contributed by atoms with van der Waals surface area (Å²) in [7, 11) is 1.93. The predicted octanol–water partition coefficient (Wildman–Crippen LogP) is 5.80. The van der Waals surface area contributed by atoms with Gasteiger partial charge in [0.05, 0.1) is 5.56 Å². The molecule has 4 heteroatoms. The maximum Gasteiger partial charge on any atom is 0.416 e. The smallest absolute Gasteiger partial charge is 0.296 e. The van der Waals surface area contributed by atoms with Crippen LogP contribution in [0.15, 0.2) is 60.7 Å². The van der Waals surface area contributed by atoms with E-state index in [9.17, 15) is 13.2 Å². The molecular weight excluding hydrogens is 311 g/mol. The van der Waals surface area contributed by atoms with Crippen LogP contribution in [0.3, 0.4) is 0 Å². The fourth-order valence-electron chi connectivity index (χ4n) is 2.77. The summed E-state index contributed by atoms with van der Waals surface area (Å²) in [6, 6.07) is 15.5. The number of alkyl halides is 3. The average Bonchev–Trinajstić information content (AvgIpc) is 2.56. The lowest BCUT2D eigenvalue weighted by atomic mass is 10.0. The standard InChI is InChI=1S/C20H22F3N/c1-3-19(17-12-7-13-18(15-17)20(21,22)23)24(2)14-8-11-16-9-5-4-6-10-16/h4-13,15,19H,3,14H2,1-2H3. The van der Waals surface area contributed by atoms with E-state index in [1.807, 2.05) is 56.5 Å². The normalized spacial score (nSPS) is 13.6. The largest absolute Gasteiger partial charge is 0.416 e. The Hall–Kier alpha value is -2.07. The summed E-state index contributed by atoms with van der Waals surface area (Å²) >= 11 is 0. The van der Waals surface area contributed by atoms with Gasteiger partial charge in [0.25, 0.3) is 0 Å². The lowest BCUT2D eigenvalue weighted by molar-refractivity contribution is -0.137. The van der Waals surface area contributed by atoms with E-state index in [0.29, 0.717) is 12.1 Å². The molecule has 24 heavy (non-hydrogen) atoms. The first-order valence-electron chi connectivity index (χ1n) is 8.00. The van der Waals surface area contributed by atoms with Crippen molar-refractivity contribution in [1.29, 1.82) is 0 Å². The molecule has 0 heterocycles. The van der Waals surface area contributed by atoms with E-state index < -0.39 is 11.7 Å². The summed E-state index contributed by atoms with van der Waals surface area (Å²) in [5.74, 6) is 0. The Morgan fingerprint density at radius 3 is 2.38 bits per heavy atom. The van der Waals surface area contributed by atoms with Gasteiger partial charge in [-0.3, -0.25) is 4.90 Å². The molecule has 128 valence electrons. The van der Waals surface area contributed by atoms with Crippen molar-refractivity contribution in [2.45, 2.75) is 25.6 Å². The van der Waals surface area contributed by atoms with Gasteiger partial charge in [-0.15, -0.1) is 0 Å². The number of rotatable bonds is 6. The Morgan fingerprint density at radius 2 is 1.75 bits per heavy atom. The SMILES string of the molecule is CCC(c1cccc(C(F)(F)F)c1)N(C)CC=Cc1ccccc1. The van der Waals surface area contributed by atoms with Gasteiger partial charge in [-0.1, -0.05) is 61.5 Å². The third kappa shape index (κ3) is 4.96. The molecule has 0 amide bonds. The van der Waals surface area contributed by atoms with Crippen LogP contribution in [0.2, 0.25) is 0 Å². The first-order chi connectivity index (χ1) is 11.4. The van der Waals surface area contributed by atoms with Crippen molar-refractivity contribution in [2.75, 3.05) is 13.6 Å². The van der Waals surface area contributed by atoms with Gasteiger partial charge in [0, 0.05) is 12.6 Å². The molecule has 0 aromatic heterocycles. The molecule has 2 aromatic rings. The van der Waals surface area contributed by atoms with E-state index in [2.05, 4.69) is 4.90 Å². The number of likely N-dealkylation sites (N-methyl/N-ethyl adjacent to an activating group) is 1. The zero-order valence-electron chi connectivity index (χ0n) is 13.9. The van der Waals surface area contributed by atoms with Gasteiger partial charge in [-0.25, -0.2) is 0 Å². The van der Waals surface area contributed by atoms with Crippen LogP contribution < -0.4 is 0 Å². The highest BCUT2D eigenvalue weighted by Crippen LogP contribution is 2.32. The highest BCUT2D eigenvalue weighted by molar-refractivity contribution is 5.48. The van der Waals surface area contributed by atoms with Crippen molar-refractivity contribution in [3.05, 3.63) is 77.4 Å². The fourth-order valence-corrected chi connectivity index (χ4v) is 2.77. The van der Waals surface area contributed by atoms with E-state index in [0.717, 1.165) is 18.1 Å². The van der Waals surface area contributed by atoms with Gasteiger partial charge in [0.2, 0.25) is 0 Å². The van der Waals surface area contributed by atoms with Gasteiger partial charge in [0.15, 0.2) is 0 Å². The summed E-state index contributed by atoms with van der Waals surface area (Å²) in [5, 5.41) is 0. The number of benzene rings is 2. The Bertz CT molecular complexity index is 662. The van der Waals surface area contributed by atoms with Crippen molar-refractivity contribution in [2.24, 2.45) is 0 Å². The predicted molar refractivity (Wildman–Crippen MR) is 92.6 cm³/mol. The van der Waals surface area contributed by atoms with Crippen LogP contribution in [0.25, 0.3) is 6.08 Å². The van der Waals surface area contributed by atoms with Crippen molar-refractivity contribution in [3.8, 4) is 0 Å². The highest BCUT2D eigenvalue weighted by Gasteiger charge is 2.31. The third-order valence-corrected chi connectivity index (χ3v) is 4.02. The lowest BCUT2D eigenvalue weighted by Gasteiger charge is -2.27. The second kappa shape index (κ2) is 8.15. The molecule has 0 bridgehead atoms. The minimum Gasteiger partial charge on any atom is -0.296 e. The second-order valence-corrected chi connectivity index (χ2v) is 5.80. The maximum absolute atomic E-state index is 12.9. The van der Waals surface area contributed by atoms with Crippen LogP contribution in [0, 0.1) is 0 Å². The first kappa shape index (κ1) is 18.3. The molecule has 0 radical (unpaired) electrons. The third-order valence-electron chi connectivity index (χ3n) is 4.02. The molecule has 0 aliphatic heterocycles. The summed E-state index contributed by atoms with van der Waals surface area (Å²) in [4.78, 5) is 2.06. The molecule has 0 saturated heterocycles. The molecule has 0 aliphatic rings. The second-order valence-electron chi connectivity index (χ2n) is 5.80. The molecule has 2 aromatic carbocycles. The van der Waals surface area contributed by atoms with Gasteiger partial charge >= 0.3 is 6.18 Å². The van der Waals surface area contributed by atoms with Crippen molar-refractivity contribution >= 4 is 6.08 Å². The average molecular weight is 333 g/mol. The molecule has 0 N–H and O–H groups in total. The summed E-state index contributed by atoms with van der Waals surface area (Å²) in [5.41, 5.74) is 1.22. The summed E-state index contributed by atoms with van der Waals surface area (Å²) in [6.45, 7) is 2.66. The number of hydrogen-bond donors (Lipinski definition) is 0. The molecule has 2 rings (SSSR count). The molecular formula is C20H22F3N. The molecule has 0 spiro atoms. The highest BCUT2D eigenvalue weighted by atomic mass is 19.4. The quantitative estimate of drug-likeness (QED) is 0.645. The van der Waals surface area contributed by atoms with E-state index >= 15 is 0 Å². The summed E-state index contributed by atoms with van der Waals surface area (Å²) in [6.07, 6.45) is 0.498. The first-order valence-corrected chi connectivity index (χ1v) is 8.00. The van der Waals surface area contributed by atoms with Crippen LogP contribution in [-0.2, 0) is 6.18 Å². The Kier molecular flexibility index (Phi) is 6.21. The number of nitrogens with zero attached hydrogens (tertiary/aromatic N) is 1. The van der Waals surface area contributed by atoms with Crippen LogP contribution in [0.4, 0.5) is 13.2 Å². The molecule has 0 aliphatic carbocycles. The molecule has 1 atom stereocenters. The Balaban J connectivity index is 2.09. The van der Waals surface area contributed by atoms with Gasteiger partial charge in [-0.05, 0) is 36.7 Å². The molecule has 1 nitrogen and oxygen atoms in total. The fraction of sp³-hybridized carbons (Fsp3) is 0.300. The van der Waals surface area contributed by atoms with Crippen molar-refractivity contribution < 1.29 is 13.2 Å². The zero-order chi connectivity index (χ0) is 17.6. The van der Waals surface area contributed by atoms with Crippen molar-refractivity contribution in [3.63, 3.8) is 0 Å². The van der Waals surface area contributed by atoms with Crippen LogP contribution in [0.5, 0.6) is 0 Å². The Morgan fingerprint density at radius 1 is 1.04 bits per heavy atom. The monoisotopic (exact) mass is 333 g/mol. The van der Waals surface area contributed by atoms with E-state index in [1.54, 1.807) is 6.07 Å². The lowest BCUT2D eigenvalue weighted by Crippen LogP contribution is -2.24. The van der Waals surface area contributed by atoms with Gasteiger partial charge in [0.1, 0.15) is 0 Å². The summed E-state index contributed by atoms with van der Waals surface area (Å²) < 4.78 is 38.7. The zero-order valence-corrected chi connectivity index (χ0v) is 13.9. The minimum atomic E-state index is -4.31. The molecule has 0 fully saturated rings. The van der Waals surface area contributed by atoms with Crippen LogP contribution >= 0.6 is 0 Å². The number of hydrogen-bond acceptors (Lipinski definition) is 1. The molecule has 0 saturated carbocycles. The van der Waals surface area contributed by atoms with Gasteiger partial charge < -0.3 is 0 Å². The van der Waals surface area contributed by atoms with Gasteiger partial charge in [-0.2, -0.15) is 13.2 Å². The van der Waals surface area contributed by atoms with E-state index in [-0.39, 0.29) is 6.04 Å². The maximum atomic E-state index is 12.9. The van der Waals surface area contributed by atoms with Crippen LogP contribution in [0.1, 0.15) is 36.1 Å². The van der Waals surface area contributed by atoms with E-state index in [1.165, 1.54) is 12.1 Å². The van der Waals surface area contributed by atoms with E-state index in [4.69, 9.17) is 0 Å². The van der Waals surface area contributed by atoms with Crippen molar-refractivity contribution in [1.82, 2.24) is 4.90 Å². The number of halogens is 3.